The maximum atomic E-state index is 12.5. The second kappa shape index (κ2) is 10.8. The van der Waals surface area contributed by atoms with Crippen LogP contribution in [0.5, 0.6) is 11.5 Å². The van der Waals surface area contributed by atoms with Crippen LogP contribution in [-0.4, -0.2) is 37.8 Å². The number of ether oxygens (including phenoxy) is 2. The third kappa shape index (κ3) is 5.48. The van der Waals surface area contributed by atoms with E-state index in [0.29, 0.717) is 18.4 Å². The van der Waals surface area contributed by atoms with Crippen LogP contribution in [0.4, 0.5) is 0 Å². The van der Waals surface area contributed by atoms with E-state index in [1.165, 1.54) is 0 Å². The van der Waals surface area contributed by atoms with Crippen molar-refractivity contribution in [2.75, 3.05) is 21.3 Å². The molecule has 0 bridgehead atoms. The molecular weight excluding hydrogens is 496 g/mol. The largest absolute Gasteiger partial charge is 0.497 e. The van der Waals surface area contributed by atoms with Crippen molar-refractivity contribution in [3.63, 3.8) is 0 Å². The lowest BCUT2D eigenvalue weighted by Crippen LogP contribution is -2.37. The van der Waals surface area contributed by atoms with Crippen molar-refractivity contribution in [1.29, 1.82) is 0 Å². The molecule has 3 aromatic carbocycles. The monoisotopic (exact) mass is 522 g/mol. The van der Waals surface area contributed by atoms with Gasteiger partial charge in [0.25, 0.3) is 0 Å². The highest BCUT2D eigenvalue weighted by atomic mass is 79.9. The molecule has 3 aromatic rings. The molecule has 6 nitrogen and oxygen atoms in total. The molecule has 2 unspecified atom stereocenters. The SMILES string of the molecule is COc1ccc(C2CC(=NOC(=O)c3ccc(Br)cc3)CC(c3ccc(OC)cc3)N2C)cc1. The van der Waals surface area contributed by atoms with Gasteiger partial charge < -0.3 is 14.3 Å². The molecule has 2 atom stereocenters. The Morgan fingerprint density at radius 3 is 1.74 bits per heavy atom. The van der Waals surface area contributed by atoms with Gasteiger partial charge in [0.15, 0.2) is 0 Å². The first-order valence-electron chi connectivity index (χ1n) is 11.0. The number of halogens is 1. The molecule has 7 heteroatoms. The molecule has 1 saturated heterocycles. The molecule has 1 aliphatic rings. The van der Waals surface area contributed by atoms with Crippen LogP contribution >= 0.6 is 15.9 Å². The molecule has 0 spiro atoms. The van der Waals surface area contributed by atoms with Crippen LogP contribution in [0.15, 0.2) is 82.4 Å². The van der Waals surface area contributed by atoms with E-state index in [2.05, 4.69) is 57.3 Å². The minimum atomic E-state index is -0.471. The Balaban J connectivity index is 1.61. The summed E-state index contributed by atoms with van der Waals surface area (Å²) in [6.07, 6.45) is 1.31. The number of oxime groups is 1. The Morgan fingerprint density at radius 1 is 0.824 bits per heavy atom. The first-order chi connectivity index (χ1) is 16.5. The zero-order valence-electron chi connectivity index (χ0n) is 19.4. The molecule has 0 aromatic heterocycles. The van der Waals surface area contributed by atoms with Gasteiger partial charge in [-0.25, -0.2) is 4.79 Å². The van der Waals surface area contributed by atoms with Crippen LogP contribution in [0.3, 0.4) is 0 Å². The smallest absolute Gasteiger partial charge is 0.365 e. The number of carbonyl (C=O) groups excluding carboxylic acids is 1. The van der Waals surface area contributed by atoms with E-state index in [-0.39, 0.29) is 12.1 Å². The Hall–Kier alpha value is -3.16. The summed E-state index contributed by atoms with van der Waals surface area (Å²) < 4.78 is 11.5. The summed E-state index contributed by atoms with van der Waals surface area (Å²) in [6, 6.07) is 23.3. The molecule has 176 valence electrons. The fourth-order valence-corrected chi connectivity index (χ4v) is 4.48. The summed E-state index contributed by atoms with van der Waals surface area (Å²) in [7, 11) is 5.44. The topological polar surface area (TPSA) is 60.4 Å². The lowest BCUT2D eigenvalue weighted by atomic mass is 9.87. The highest BCUT2D eigenvalue weighted by Crippen LogP contribution is 2.40. The summed E-state index contributed by atoms with van der Waals surface area (Å²) in [5.74, 6) is 1.15. The maximum Gasteiger partial charge on any atom is 0.365 e. The van der Waals surface area contributed by atoms with Crippen molar-refractivity contribution < 1.29 is 19.1 Å². The Bertz CT molecular complexity index is 1090. The number of rotatable bonds is 6. The normalized spacial score (nSPS) is 18.3. The lowest BCUT2D eigenvalue weighted by Gasteiger charge is -2.40. The Kier molecular flexibility index (Phi) is 7.65. The number of hydrogen-bond acceptors (Lipinski definition) is 6. The van der Waals surface area contributed by atoms with Gasteiger partial charge in [-0.3, -0.25) is 4.90 Å². The van der Waals surface area contributed by atoms with Crippen LogP contribution < -0.4 is 9.47 Å². The van der Waals surface area contributed by atoms with Gasteiger partial charge in [0.2, 0.25) is 0 Å². The molecule has 0 radical (unpaired) electrons. The first kappa shape index (κ1) is 24.0. The number of hydrogen-bond donors (Lipinski definition) is 0. The second-order valence-electron chi connectivity index (χ2n) is 8.19. The number of carbonyl (C=O) groups is 1. The van der Waals surface area contributed by atoms with E-state index in [1.54, 1.807) is 38.5 Å². The lowest BCUT2D eigenvalue weighted by molar-refractivity contribution is 0.0507. The van der Waals surface area contributed by atoms with Gasteiger partial charge in [-0.2, -0.15) is 0 Å². The molecule has 4 rings (SSSR count). The van der Waals surface area contributed by atoms with Crippen LogP contribution in [0.25, 0.3) is 0 Å². The van der Waals surface area contributed by atoms with Crippen LogP contribution in [-0.2, 0) is 4.84 Å². The van der Waals surface area contributed by atoms with Crippen molar-refractivity contribution in [3.8, 4) is 11.5 Å². The molecule has 0 amide bonds. The molecule has 34 heavy (non-hydrogen) atoms. The predicted molar refractivity (Wildman–Crippen MR) is 135 cm³/mol. The zero-order valence-corrected chi connectivity index (χ0v) is 21.0. The molecule has 0 N–H and O–H groups in total. The standard InChI is InChI=1S/C27H27BrN2O4/c1-30-25(18-6-12-23(32-2)13-7-18)16-22(17-26(30)19-8-14-24(33-3)15-9-19)29-34-27(31)20-4-10-21(28)11-5-20/h4-15,25-26H,16-17H2,1-3H3. The zero-order chi connectivity index (χ0) is 24.1. The van der Waals surface area contributed by atoms with Crippen molar-refractivity contribution in [2.24, 2.45) is 5.16 Å². The van der Waals surface area contributed by atoms with Crippen LogP contribution in [0.2, 0.25) is 0 Å². The van der Waals surface area contributed by atoms with Gasteiger partial charge in [0.05, 0.1) is 25.5 Å². The van der Waals surface area contributed by atoms with Crippen LogP contribution in [0.1, 0.15) is 46.4 Å². The van der Waals surface area contributed by atoms with Gasteiger partial charge in [0, 0.05) is 29.4 Å². The maximum absolute atomic E-state index is 12.5. The van der Waals surface area contributed by atoms with Crippen LogP contribution in [0, 0.1) is 0 Å². The van der Waals surface area contributed by atoms with Crippen molar-refractivity contribution in [1.82, 2.24) is 4.90 Å². The summed E-state index contributed by atoms with van der Waals surface area (Å²) in [4.78, 5) is 20.2. The molecule has 0 aliphatic carbocycles. The molecule has 0 saturated carbocycles. The quantitative estimate of drug-likeness (QED) is 0.285. The van der Waals surface area contributed by atoms with E-state index in [4.69, 9.17) is 14.3 Å². The average Bonchev–Trinajstić information content (AvgIpc) is 2.88. The molecule has 1 heterocycles. The highest BCUT2D eigenvalue weighted by Gasteiger charge is 2.33. The Labute approximate surface area is 208 Å². The minimum Gasteiger partial charge on any atom is -0.497 e. The second-order valence-corrected chi connectivity index (χ2v) is 9.11. The van der Waals surface area contributed by atoms with Crippen molar-refractivity contribution >= 4 is 27.6 Å². The number of methoxy groups -OCH3 is 2. The fraction of sp³-hybridized carbons (Fsp3) is 0.259. The average molecular weight is 523 g/mol. The number of piperidine rings is 1. The number of nitrogens with zero attached hydrogens (tertiary/aromatic N) is 2. The van der Waals surface area contributed by atoms with Crippen molar-refractivity contribution in [2.45, 2.75) is 24.9 Å². The summed E-state index contributed by atoms with van der Waals surface area (Å²) in [5.41, 5.74) is 3.59. The van der Waals surface area contributed by atoms with E-state index in [0.717, 1.165) is 32.8 Å². The summed E-state index contributed by atoms with van der Waals surface area (Å²) in [6.45, 7) is 0. The molecule has 1 fully saturated rings. The molecule has 1 aliphatic heterocycles. The van der Waals surface area contributed by atoms with E-state index < -0.39 is 5.97 Å². The highest BCUT2D eigenvalue weighted by molar-refractivity contribution is 9.10. The summed E-state index contributed by atoms with van der Waals surface area (Å²) in [5, 5.41) is 4.31. The van der Waals surface area contributed by atoms with Gasteiger partial charge >= 0.3 is 5.97 Å². The Morgan fingerprint density at radius 2 is 1.29 bits per heavy atom. The van der Waals surface area contributed by atoms with Gasteiger partial charge in [-0.1, -0.05) is 45.4 Å². The summed E-state index contributed by atoms with van der Waals surface area (Å²) >= 11 is 3.38. The van der Waals surface area contributed by atoms with Crippen molar-refractivity contribution in [3.05, 3.63) is 94.0 Å². The third-order valence-electron chi connectivity index (χ3n) is 6.18. The van der Waals surface area contributed by atoms with Gasteiger partial charge in [0.1, 0.15) is 11.5 Å². The minimum absolute atomic E-state index is 0.0666. The number of likely N-dealkylation sites (tertiary alicyclic amines) is 1. The fourth-order valence-electron chi connectivity index (χ4n) is 4.21. The van der Waals surface area contributed by atoms with Gasteiger partial charge in [-0.15, -0.1) is 0 Å². The van der Waals surface area contributed by atoms with E-state index >= 15 is 0 Å². The van der Waals surface area contributed by atoms with E-state index in [9.17, 15) is 4.79 Å². The third-order valence-corrected chi connectivity index (χ3v) is 6.71. The predicted octanol–water partition coefficient (Wildman–Crippen LogP) is 6.19. The molecular formula is C27H27BrN2O4. The number of benzene rings is 3. The van der Waals surface area contributed by atoms with E-state index in [1.807, 2.05) is 24.3 Å². The van der Waals surface area contributed by atoms with Gasteiger partial charge in [-0.05, 0) is 66.7 Å². The first-order valence-corrected chi connectivity index (χ1v) is 11.8.